The van der Waals surface area contributed by atoms with Gasteiger partial charge in [0.25, 0.3) is 5.91 Å². The van der Waals surface area contributed by atoms with Gasteiger partial charge in [-0.25, -0.2) is 4.68 Å². The number of rotatable bonds is 2. The second-order valence-corrected chi connectivity index (χ2v) is 5.16. The Morgan fingerprint density at radius 3 is 2.81 bits per heavy atom. The van der Waals surface area contributed by atoms with E-state index in [2.05, 4.69) is 5.10 Å². The van der Waals surface area contributed by atoms with E-state index >= 15 is 0 Å². The van der Waals surface area contributed by atoms with Crippen molar-refractivity contribution < 1.29 is 9.53 Å². The van der Waals surface area contributed by atoms with Gasteiger partial charge in [0.15, 0.2) is 5.69 Å². The molecule has 21 heavy (non-hydrogen) atoms. The number of aromatic nitrogens is 2. The van der Waals surface area contributed by atoms with E-state index in [1.165, 1.54) is 0 Å². The maximum absolute atomic E-state index is 12.5. The molecule has 1 saturated heterocycles. The first-order valence-corrected chi connectivity index (χ1v) is 6.95. The minimum atomic E-state index is -0.0556. The Kier molecular flexibility index (Phi) is 3.62. The van der Waals surface area contributed by atoms with Crippen molar-refractivity contribution in [3.8, 4) is 5.69 Å². The molecule has 1 aromatic heterocycles. The van der Waals surface area contributed by atoms with Gasteiger partial charge in [-0.15, -0.1) is 0 Å². The molecule has 2 N–H and O–H groups in total. The first-order chi connectivity index (χ1) is 10.1. The normalized spacial score (nSPS) is 18.7. The lowest BCUT2D eigenvalue weighted by molar-refractivity contribution is 0.00325. The molecule has 1 fully saturated rings. The fourth-order valence-corrected chi connectivity index (χ4v) is 2.38. The maximum Gasteiger partial charge on any atom is 0.274 e. The molecule has 110 valence electrons. The average Bonchev–Trinajstić information content (AvgIpc) is 2.98. The third-order valence-corrected chi connectivity index (χ3v) is 3.59. The summed E-state index contributed by atoms with van der Waals surface area (Å²) in [6, 6.07) is 9.17. The van der Waals surface area contributed by atoms with Crippen molar-refractivity contribution in [1.29, 1.82) is 0 Å². The zero-order valence-electron chi connectivity index (χ0n) is 11.9. The summed E-state index contributed by atoms with van der Waals surface area (Å²) in [7, 11) is 0. The van der Waals surface area contributed by atoms with E-state index in [0.29, 0.717) is 31.1 Å². The SMILES string of the molecule is CC1COCCN1C(=O)c1ccn(-c2ccc(N)cc2)n1. The fourth-order valence-electron chi connectivity index (χ4n) is 2.38. The van der Waals surface area contributed by atoms with E-state index in [1.807, 2.05) is 31.2 Å². The highest BCUT2D eigenvalue weighted by Gasteiger charge is 2.26. The first-order valence-electron chi connectivity index (χ1n) is 6.95. The molecule has 6 heteroatoms. The lowest BCUT2D eigenvalue weighted by Crippen LogP contribution is -2.47. The molecule has 0 saturated carbocycles. The van der Waals surface area contributed by atoms with Gasteiger partial charge in [0.1, 0.15) is 0 Å². The number of hydrogen-bond donors (Lipinski definition) is 1. The van der Waals surface area contributed by atoms with E-state index in [1.54, 1.807) is 21.8 Å². The van der Waals surface area contributed by atoms with Crippen LogP contribution in [0.2, 0.25) is 0 Å². The summed E-state index contributed by atoms with van der Waals surface area (Å²) < 4.78 is 7.03. The highest BCUT2D eigenvalue weighted by molar-refractivity contribution is 5.92. The van der Waals surface area contributed by atoms with Gasteiger partial charge in [-0.2, -0.15) is 5.10 Å². The fraction of sp³-hybridized carbons (Fsp3) is 0.333. The largest absolute Gasteiger partial charge is 0.399 e. The summed E-state index contributed by atoms with van der Waals surface area (Å²) >= 11 is 0. The maximum atomic E-state index is 12.5. The Hall–Kier alpha value is -2.34. The van der Waals surface area contributed by atoms with Crippen molar-refractivity contribution >= 4 is 11.6 Å². The summed E-state index contributed by atoms with van der Waals surface area (Å²) in [6.45, 7) is 3.74. The molecule has 1 aliphatic rings. The standard InChI is InChI=1S/C15H18N4O2/c1-11-10-21-9-8-18(11)15(20)14-6-7-19(17-14)13-4-2-12(16)3-5-13/h2-7,11H,8-10,16H2,1H3. The molecular formula is C15H18N4O2. The number of benzene rings is 1. The zero-order chi connectivity index (χ0) is 14.8. The van der Waals surface area contributed by atoms with Crippen molar-refractivity contribution in [1.82, 2.24) is 14.7 Å². The quantitative estimate of drug-likeness (QED) is 0.845. The molecule has 1 amide bonds. The number of nitrogens with zero attached hydrogens (tertiary/aromatic N) is 3. The van der Waals surface area contributed by atoms with E-state index in [4.69, 9.17) is 10.5 Å². The van der Waals surface area contributed by atoms with E-state index in [-0.39, 0.29) is 11.9 Å². The molecule has 0 spiro atoms. The topological polar surface area (TPSA) is 73.4 Å². The number of nitrogen functional groups attached to an aromatic ring is 1. The number of nitrogens with two attached hydrogens (primary N) is 1. The van der Waals surface area contributed by atoms with Crippen molar-refractivity contribution in [3.05, 3.63) is 42.2 Å². The Balaban J connectivity index is 1.81. The van der Waals surface area contributed by atoms with Crippen molar-refractivity contribution in [2.24, 2.45) is 0 Å². The van der Waals surface area contributed by atoms with Crippen LogP contribution in [0, 0.1) is 0 Å². The molecule has 6 nitrogen and oxygen atoms in total. The van der Waals surface area contributed by atoms with Crippen molar-refractivity contribution in [3.63, 3.8) is 0 Å². The number of ether oxygens (including phenoxy) is 1. The van der Waals surface area contributed by atoms with Crippen LogP contribution < -0.4 is 5.73 Å². The van der Waals surface area contributed by atoms with E-state index < -0.39 is 0 Å². The number of carbonyl (C=O) groups is 1. The van der Waals surface area contributed by atoms with Crippen LogP contribution in [0.5, 0.6) is 0 Å². The van der Waals surface area contributed by atoms with Crippen LogP contribution in [0.15, 0.2) is 36.5 Å². The van der Waals surface area contributed by atoms with Crippen LogP contribution in [0.25, 0.3) is 5.69 Å². The third kappa shape index (κ3) is 2.75. The average molecular weight is 286 g/mol. The van der Waals surface area contributed by atoms with Crippen LogP contribution in [0.3, 0.4) is 0 Å². The van der Waals surface area contributed by atoms with Gasteiger partial charge in [0.05, 0.1) is 24.9 Å². The zero-order valence-corrected chi connectivity index (χ0v) is 11.9. The second kappa shape index (κ2) is 5.57. The van der Waals surface area contributed by atoms with Gasteiger partial charge in [-0.3, -0.25) is 4.79 Å². The first kappa shape index (κ1) is 13.6. The molecule has 1 atom stereocenters. The Labute approximate surface area is 123 Å². The van der Waals surface area contributed by atoms with Crippen molar-refractivity contribution in [2.75, 3.05) is 25.5 Å². The minimum absolute atomic E-state index is 0.0556. The molecule has 0 radical (unpaired) electrons. The molecule has 0 aliphatic carbocycles. The third-order valence-electron chi connectivity index (χ3n) is 3.59. The molecule has 3 rings (SSSR count). The summed E-state index contributed by atoms with van der Waals surface area (Å²) in [5.41, 5.74) is 7.69. The number of morpholine rings is 1. The van der Waals surface area contributed by atoms with Gasteiger partial charge in [-0.1, -0.05) is 0 Å². The van der Waals surface area contributed by atoms with Gasteiger partial charge in [0, 0.05) is 18.4 Å². The van der Waals surface area contributed by atoms with E-state index in [9.17, 15) is 4.79 Å². The monoisotopic (exact) mass is 286 g/mol. The Morgan fingerprint density at radius 2 is 2.10 bits per heavy atom. The lowest BCUT2D eigenvalue weighted by Gasteiger charge is -2.32. The summed E-state index contributed by atoms with van der Waals surface area (Å²) in [5.74, 6) is -0.0556. The van der Waals surface area contributed by atoms with Crippen LogP contribution in [0.4, 0.5) is 5.69 Å². The van der Waals surface area contributed by atoms with Crippen LogP contribution >= 0.6 is 0 Å². The Morgan fingerprint density at radius 1 is 1.33 bits per heavy atom. The van der Waals surface area contributed by atoms with Crippen molar-refractivity contribution in [2.45, 2.75) is 13.0 Å². The predicted molar refractivity (Wildman–Crippen MR) is 79.3 cm³/mol. The highest BCUT2D eigenvalue weighted by atomic mass is 16.5. The van der Waals surface area contributed by atoms with Gasteiger partial charge >= 0.3 is 0 Å². The molecule has 2 heterocycles. The number of carbonyl (C=O) groups excluding carboxylic acids is 1. The molecule has 1 aromatic carbocycles. The van der Waals surface area contributed by atoms with Crippen LogP contribution in [0.1, 0.15) is 17.4 Å². The molecule has 1 aliphatic heterocycles. The number of hydrogen-bond acceptors (Lipinski definition) is 4. The minimum Gasteiger partial charge on any atom is -0.399 e. The van der Waals surface area contributed by atoms with Gasteiger partial charge < -0.3 is 15.4 Å². The molecule has 2 aromatic rings. The number of anilines is 1. The molecular weight excluding hydrogens is 268 g/mol. The summed E-state index contributed by atoms with van der Waals surface area (Å²) in [5, 5.41) is 4.36. The smallest absolute Gasteiger partial charge is 0.274 e. The van der Waals surface area contributed by atoms with Gasteiger partial charge in [-0.05, 0) is 37.3 Å². The second-order valence-electron chi connectivity index (χ2n) is 5.16. The molecule has 0 bridgehead atoms. The summed E-state index contributed by atoms with van der Waals surface area (Å²) in [6.07, 6.45) is 1.78. The lowest BCUT2D eigenvalue weighted by atomic mass is 10.2. The predicted octanol–water partition coefficient (Wildman–Crippen LogP) is 1.32. The summed E-state index contributed by atoms with van der Waals surface area (Å²) in [4.78, 5) is 14.3. The highest BCUT2D eigenvalue weighted by Crippen LogP contribution is 2.14. The molecule has 1 unspecified atom stereocenters. The number of amides is 1. The van der Waals surface area contributed by atoms with Crippen LogP contribution in [-0.4, -0.2) is 46.4 Å². The van der Waals surface area contributed by atoms with Crippen LogP contribution in [-0.2, 0) is 4.74 Å². The van der Waals surface area contributed by atoms with Gasteiger partial charge in [0.2, 0.25) is 0 Å². The Bertz CT molecular complexity index is 635. The van der Waals surface area contributed by atoms with E-state index in [0.717, 1.165) is 5.69 Å².